The molecule has 7 nitrogen and oxygen atoms in total. The Morgan fingerprint density at radius 3 is 2.38 bits per heavy atom. The van der Waals surface area contributed by atoms with Crippen molar-refractivity contribution in [3.63, 3.8) is 0 Å². The molecule has 1 aromatic carbocycles. The predicted molar refractivity (Wildman–Crippen MR) is 102 cm³/mol. The number of benzene rings is 1. The fraction of sp³-hybridized carbons (Fsp3) is 0.278. The van der Waals surface area contributed by atoms with E-state index in [1.54, 1.807) is 24.3 Å². The van der Waals surface area contributed by atoms with E-state index in [9.17, 15) is 14.4 Å². The molecule has 26 heavy (non-hydrogen) atoms. The van der Waals surface area contributed by atoms with Crippen molar-refractivity contribution >= 4 is 39.9 Å². The number of carboxylic acids is 1. The van der Waals surface area contributed by atoms with Gasteiger partial charge in [-0.25, -0.2) is 4.79 Å². The van der Waals surface area contributed by atoms with E-state index in [0.717, 1.165) is 11.3 Å². The molecule has 0 aliphatic heterocycles. The Morgan fingerprint density at radius 1 is 1.08 bits per heavy atom. The first-order valence-corrected chi connectivity index (χ1v) is 8.94. The highest BCUT2D eigenvalue weighted by molar-refractivity contribution is 7.18. The number of carbonyl (C=O) groups is 3. The summed E-state index contributed by atoms with van der Waals surface area (Å²) in [5.74, 6) is -1.20. The number of carbonyl (C=O) groups excluding carboxylic acids is 2. The van der Waals surface area contributed by atoms with Crippen LogP contribution in [0.25, 0.3) is 0 Å². The summed E-state index contributed by atoms with van der Waals surface area (Å²) in [5.41, 5.74) is 0.664. The molecule has 1 heterocycles. The van der Waals surface area contributed by atoms with Crippen LogP contribution in [0.4, 0.5) is 15.5 Å². The monoisotopic (exact) mass is 375 g/mol. The van der Waals surface area contributed by atoms with Crippen LogP contribution < -0.4 is 10.6 Å². The number of thiophene rings is 1. The van der Waals surface area contributed by atoms with Gasteiger partial charge in [0.1, 0.15) is 0 Å². The lowest BCUT2D eigenvalue weighted by Crippen LogP contribution is -2.38. The second-order valence-electron chi connectivity index (χ2n) is 5.85. The first kappa shape index (κ1) is 19.5. The highest BCUT2D eigenvalue weighted by atomic mass is 32.1. The molecule has 2 rings (SSSR count). The van der Waals surface area contributed by atoms with Gasteiger partial charge in [0.05, 0.1) is 16.3 Å². The van der Waals surface area contributed by atoms with Crippen LogP contribution in [-0.4, -0.2) is 40.5 Å². The van der Waals surface area contributed by atoms with Gasteiger partial charge in [-0.15, -0.1) is 11.3 Å². The van der Waals surface area contributed by atoms with E-state index in [2.05, 4.69) is 10.6 Å². The van der Waals surface area contributed by atoms with Crippen LogP contribution in [0.15, 0.2) is 42.5 Å². The van der Waals surface area contributed by atoms with E-state index in [1.165, 1.54) is 4.90 Å². The number of rotatable bonds is 7. The third-order valence-corrected chi connectivity index (χ3v) is 4.52. The predicted octanol–water partition coefficient (Wildman–Crippen LogP) is 3.72. The van der Waals surface area contributed by atoms with Gasteiger partial charge in [0.2, 0.25) is 0 Å². The lowest BCUT2D eigenvalue weighted by Gasteiger charge is -2.25. The molecular formula is C18H21N3O4S. The molecule has 0 aliphatic carbocycles. The van der Waals surface area contributed by atoms with Crippen molar-refractivity contribution in [1.29, 1.82) is 0 Å². The van der Waals surface area contributed by atoms with Crippen molar-refractivity contribution in [2.75, 3.05) is 17.2 Å². The Labute approximate surface area is 155 Å². The molecule has 138 valence electrons. The van der Waals surface area contributed by atoms with Gasteiger partial charge in [0.25, 0.3) is 5.91 Å². The van der Waals surface area contributed by atoms with Gasteiger partial charge in [-0.2, -0.15) is 0 Å². The van der Waals surface area contributed by atoms with Crippen LogP contribution in [-0.2, 0) is 4.79 Å². The zero-order valence-corrected chi connectivity index (χ0v) is 15.4. The second kappa shape index (κ2) is 9.00. The number of hydrogen-bond donors (Lipinski definition) is 3. The quantitative estimate of drug-likeness (QED) is 0.687. The summed E-state index contributed by atoms with van der Waals surface area (Å²) in [6.07, 6.45) is -0.111. The molecule has 1 aromatic heterocycles. The zero-order chi connectivity index (χ0) is 19.1. The Kier molecular flexibility index (Phi) is 6.74. The van der Waals surface area contributed by atoms with Gasteiger partial charge in [-0.05, 0) is 38.1 Å². The maximum absolute atomic E-state index is 12.6. The number of hydrogen-bond acceptors (Lipinski definition) is 4. The maximum atomic E-state index is 12.6. The number of urea groups is 1. The number of carboxylic acid groups (broad SMARTS) is 1. The minimum Gasteiger partial charge on any atom is -0.481 e. The summed E-state index contributed by atoms with van der Waals surface area (Å²) in [6.45, 7) is 3.81. The second-order valence-corrected chi connectivity index (χ2v) is 6.93. The number of anilines is 2. The van der Waals surface area contributed by atoms with Gasteiger partial charge in [0, 0.05) is 18.3 Å². The van der Waals surface area contributed by atoms with E-state index in [4.69, 9.17) is 5.11 Å². The molecule has 8 heteroatoms. The Balaban J connectivity index is 1.99. The average Bonchev–Trinajstić information content (AvgIpc) is 3.03. The molecule has 0 fully saturated rings. The lowest BCUT2D eigenvalue weighted by molar-refractivity contribution is -0.137. The minimum atomic E-state index is -0.949. The van der Waals surface area contributed by atoms with Crippen LogP contribution in [0, 0.1) is 0 Å². The van der Waals surface area contributed by atoms with Gasteiger partial charge < -0.3 is 15.3 Å². The normalized spacial score (nSPS) is 10.4. The average molecular weight is 375 g/mol. The third kappa shape index (κ3) is 5.59. The van der Waals surface area contributed by atoms with E-state index in [1.807, 2.05) is 32.0 Å². The molecule has 0 bridgehead atoms. The van der Waals surface area contributed by atoms with Gasteiger partial charge in [-0.3, -0.25) is 14.9 Å². The van der Waals surface area contributed by atoms with Crippen LogP contribution >= 0.6 is 11.3 Å². The molecule has 0 aliphatic rings. The number of nitrogens with one attached hydrogen (secondary N) is 2. The smallest absolute Gasteiger partial charge is 0.324 e. The van der Waals surface area contributed by atoms with E-state index in [0.29, 0.717) is 15.6 Å². The molecule has 2 aromatic rings. The molecule has 0 spiro atoms. The van der Waals surface area contributed by atoms with Gasteiger partial charge in [0.15, 0.2) is 0 Å². The summed E-state index contributed by atoms with van der Waals surface area (Å²) in [7, 11) is 0. The summed E-state index contributed by atoms with van der Waals surface area (Å²) >= 11 is 1.15. The van der Waals surface area contributed by atoms with Crippen LogP contribution in [0.3, 0.4) is 0 Å². The third-order valence-electron chi connectivity index (χ3n) is 3.54. The van der Waals surface area contributed by atoms with Crippen molar-refractivity contribution in [1.82, 2.24) is 4.90 Å². The Bertz CT molecular complexity index is 774. The van der Waals surface area contributed by atoms with Crippen LogP contribution in [0.5, 0.6) is 0 Å². The summed E-state index contributed by atoms with van der Waals surface area (Å²) in [4.78, 5) is 37.3. The molecule has 3 N–H and O–H groups in total. The summed E-state index contributed by atoms with van der Waals surface area (Å²) < 4.78 is 0. The molecule has 3 amide bonds. The topological polar surface area (TPSA) is 98.7 Å². The van der Waals surface area contributed by atoms with Crippen LogP contribution in [0.1, 0.15) is 29.9 Å². The maximum Gasteiger partial charge on any atom is 0.324 e. The van der Waals surface area contributed by atoms with Crippen molar-refractivity contribution in [3.05, 3.63) is 47.3 Å². The Morgan fingerprint density at radius 2 is 1.77 bits per heavy atom. The highest BCUT2D eigenvalue weighted by Crippen LogP contribution is 2.24. The first-order chi connectivity index (χ1) is 12.4. The fourth-order valence-electron chi connectivity index (χ4n) is 2.27. The number of para-hydroxylation sites is 1. The molecular weight excluding hydrogens is 354 g/mol. The molecule has 0 saturated carbocycles. The number of amides is 3. The number of nitrogens with zero attached hydrogens (tertiary/aromatic N) is 1. The summed E-state index contributed by atoms with van der Waals surface area (Å²) in [5, 5.41) is 14.7. The van der Waals surface area contributed by atoms with Gasteiger partial charge >= 0.3 is 12.0 Å². The fourth-order valence-corrected chi connectivity index (χ4v) is 3.12. The van der Waals surface area contributed by atoms with Crippen molar-refractivity contribution in [3.8, 4) is 0 Å². The molecule has 0 radical (unpaired) electrons. The largest absolute Gasteiger partial charge is 0.481 e. The van der Waals surface area contributed by atoms with Crippen molar-refractivity contribution in [2.24, 2.45) is 0 Å². The van der Waals surface area contributed by atoms with Crippen molar-refractivity contribution < 1.29 is 19.5 Å². The van der Waals surface area contributed by atoms with Crippen molar-refractivity contribution in [2.45, 2.75) is 26.3 Å². The lowest BCUT2D eigenvalue weighted by atomic mass is 10.2. The molecule has 0 atom stereocenters. The van der Waals surface area contributed by atoms with Gasteiger partial charge in [-0.1, -0.05) is 18.2 Å². The zero-order valence-electron chi connectivity index (χ0n) is 14.6. The summed E-state index contributed by atoms with van der Waals surface area (Å²) in [6, 6.07) is 11.8. The standard InChI is InChI=1S/C18H21N3O4S/c1-12(2)21(11-10-16(22)23)17(24)14-8-9-15(26-14)20-18(25)19-13-6-4-3-5-7-13/h3-9,12H,10-11H2,1-2H3,(H,22,23)(H2,19,20,25). The van der Waals surface area contributed by atoms with Crippen LogP contribution in [0.2, 0.25) is 0 Å². The Hall–Kier alpha value is -2.87. The van der Waals surface area contributed by atoms with E-state index in [-0.39, 0.29) is 24.9 Å². The first-order valence-electron chi connectivity index (χ1n) is 8.12. The highest BCUT2D eigenvalue weighted by Gasteiger charge is 2.21. The van der Waals surface area contributed by atoms with E-state index >= 15 is 0 Å². The van der Waals surface area contributed by atoms with E-state index < -0.39 is 12.0 Å². The molecule has 0 saturated heterocycles. The SMILES string of the molecule is CC(C)N(CCC(=O)O)C(=O)c1ccc(NC(=O)Nc2ccccc2)s1. The minimum absolute atomic E-state index is 0.111. The molecule has 0 unspecified atom stereocenters. The number of aliphatic carboxylic acids is 1.